The summed E-state index contributed by atoms with van der Waals surface area (Å²) in [6.07, 6.45) is 10.2. The standard InChI is InChI=1S/C19H27P3/c1-13(9-15(11-20)12-21)3-7-18-14(2)4-5-16-10-17(22)6-8-19(16)18/h3,6-8,10,15H,1,4-5,9,11-12,20-22H2,2H3/b7-3-. The number of hydrogen-bond donors (Lipinski definition) is 0. The van der Waals surface area contributed by atoms with Gasteiger partial charge in [0.2, 0.25) is 0 Å². The van der Waals surface area contributed by atoms with Crippen LogP contribution in [0.3, 0.4) is 0 Å². The third-order valence-electron chi connectivity index (χ3n) is 4.35. The highest BCUT2D eigenvalue weighted by Gasteiger charge is 2.14. The predicted molar refractivity (Wildman–Crippen MR) is 112 cm³/mol. The minimum Gasteiger partial charge on any atom is -0.137 e. The van der Waals surface area contributed by atoms with Crippen molar-refractivity contribution in [2.24, 2.45) is 5.92 Å². The van der Waals surface area contributed by atoms with Crippen molar-refractivity contribution >= 4 is 38.6 Å². The van der Waals surface area contributed by atoms with Crippen LogP contribution in [0.1, 0.15) is 30.9 Å². The van der Waals surface area contributed by atoms with E-state index in [1.54, 1.807) is 0 Å². The van der Waals surface area contributed by atoms with Crippen molar-refractivity contribution in [3.8, 4) is 0 Å². The van der Waals surface area contributed by atoms with Gasteiger partial charge in [-0.25, -0.2) is 0 Å². The fourth-order valence-electron chi connectivity index (χ4n) is 2.90. The minimum absolute atomic E-state index is 0.695. The lowest BCUT2D eigenvalue weighted by Gasteiger charge is -2.20. The topological polar surface area (TPSA) is 0 Å². The fraction of sp³-hybridized carbons (Fsp3) is 0.368. The van der Waals surface area contributed by atoms with Gasteiger partial charge in [-0.1, -0.05) is 48.1 Å². The van der Waals surface area contributed by atoms with Gasteiger partial charge in [0.05, 0.1) is 0 Å². The molecule has 118 valence electrons. The van der Waals surface area contributed by atoms with Gasteiger partial charge in [-0.05, 0) is 66.4 Å². The van der Waals surface area contributed by atoms with E-state index < -0.39 is 0 Å². The molecule has 2 rings (SSSR count). The first-order valence-corrected chi connectivity index (χ1v) is 10.1. The van der Waals surface area contributed by atoms with E-state index >= 15 is 0 Å². The lowest BCUT2D eigenvalue weighted by atomic mass is 9.85. The van der Waals surface area contributed by atoms with Crippen LogP contribution in [0.2, 0.25) is 0 Å². The molecule has 0 fully saturated rings. The summed E-state index contributed by atoms with van der Waals surface area (Å²) in [7, 11) is 8.49. The van der Waals surface area contributed by atoms with Crippen molar-refractivity contribution in [1.29, 1.82) is 0 Å². The van der Waals surface area contributed by atoms with Crippen molar-refractivity contribution in [2.75, 3.05) is 12.3 Å². The normalized spacial score (nSPS) is 14.8. The summed E-state index contributed by atoms with van der Waals surface area (Å²) in [5, 5.41) is 1.27. The predicted octanol–water partition coefficient (Wildman–Crippen LogP) is 4.78. The molecule has 0 aliphatic heterocycles. The fourth-order valence-corrected chi connectivity index (χ4v) is 4.31. The number of rotatable bonds is 6. The second kappa shape index (κ2) is 8.55. The maximum absolute atomic E-state index is 4.24. The van der Waals surface area contributed by atoms with Crippen molar-refractivity contribution in [3.05, 3.63) is 59.2 Å². The SMILES string of the molecule is C=C(/C=C\C1=C(C)CCc2cc(P)ccc21)CC(CP)CP. The van der Waals surface area contributed by atoms with E-state index in [0.717, 1.165) is 31.6 Å². The van der Waals surface area contributed by atoms with E-state index in [1.165, 1.54) is 33.2 Å². The smallest absolute Gasteiger partial charge is 0.0152 e. The first kappa shape index (κ1) is 18.1. The van der Waals surface area contributed by atoms with E-state index in [4.69, 9.17) is 0 Å². The molecule has 0 spiro atoms. The van der Waals surface area contributed by atoms with E-state index in [1.807, 2.05) is 0 Å². The number of benzene rings is 1. The van der Waals surface area contributed by atoms with Gasteiger partial charge in [0, 0.05) is 0 Å². The summed E-state index contributed by atoms with van der Waals surface area (Å²) in [5.41, 5.74) is 6.97. The molecule has 0 amide bonds. The Morgan fingerprint density at radius 2 is 2.00 bits per heavy atom. The van der Waals surface area contributed by atoms with E-state index in [0.29, 0.717) is 5.92 Å². The van der Waals surface area contributed by atoms with Gasteiger partial charge < -0.3 is 0 Å². The summed E-state index contributed by atoms with van der Waals surface area (Å²) in [5.74, 6) is 0.695. The monoisotopic (exact) mass is 348 g/mol. The molecule has 0 saturated carbocycles. The van der Waals surface area contributed by atoms with Crippen LogP contribution in [-0.4, -0.2) is 12.3 Å². The Kier molecular flexibility index (Phi) is 7.02. The highest BCUT2D eigenvalue weighted by atomic mass is 31.0. The van der Waals surface area contributed by atoms with Gasteiger partial charge in [0.1, 0.15) is 0 Å². The summed E-state index contributed by atoms with van der Waals surface area (Å²) >= 11 is 0. The molecule has 1 aliphatic carbocycles. The first-order chi connectivity index (χ1) is 10.5. The molecule has 0 nitrogen and oxygen atoms in total. The molecule has 0 heterocycles. The van der Waals surface area contributed by atoms with E-state index in [-0.39, 0.29) is 0 Å². The maximum atomic E-state index is 4.24. The van der Waals surface area contributed by atoms with Crippen LogP contribution in [0.15, 0.2) is 48.1 Å². The summed E-state index contributed by atoms with van der Waals surface area (Å²) < 4.78 is 0. The largest absolute Gasteiger partial charge is 0.137 e. The molecular formula is C19H27P3. The van der Waals surface area contributed by atoms with Crippen LogP contribution in [0.25, 0.3) is 5.57 Å². The molecule has 1 aliphatic rings. The molecule has 1 aromatic carbocycles. The maximum Gasteiger partial charge on any atom is -0.0152 e. The van der Waals surface area contributed by atoms with Crippen molar-refractivity contribution in [3.63, 3.8) is 0 Å². The van der Waals surface area contributed by atoms with Gasteiger partial charge in [-0.15, -0.1) is 27.7 Å². The van der Waals surface area contributed by atoms with Gasteiger partial charge in [-0.3, -0.25) is 0 Å². The number of allylic oxidation sites excluding steroid dienone is 5. The highest BCUT2D eigenvalue weighted by molar-refractivity contribution is 7.27. The zero-order valence-electron chi connectivity index (χ0n) is 13.4. The summed E-state index contributed by atoms with van der Waals surface area (Å²) in [4.78, 5) is 0. The number of aryl methyl sites for hydroxylation is 1. The zero-order chi connectivity index (χ0) is 16.1. The van der Waals surface area contributed by atoms with Crippen molar-refractivity contribution in [1.82, 2.24) is 0 Å². The lowest BCUT2D eigenvalue weighted by Crippen LogP contribution is -2.06. The molecule has 0 aromatic heterocycles. The van der Waals surface area contributed by atoms with Crippen LogP contribution in [0, 0.1) is 5.92 Å². The Labute approximate surface area is 142 Å². The summed E-state index contributed by atoms with van der Waals surface area (Å²) in [6.45, 7) is 6.50. The Hall–Kier alpha value is -0.270. The molecule has 0 saturated heterocycles. The lowest BCUT2D eigenvalue weighted by molar-refractivity contribution is 0.674. The van der Waals surface area contributed by atoms with Crippen molar-refractivity contribution in [2.45, 2.75) is 26.2 Å². The number of hydrogen-bond acceptors (Lipinski definition) is 0. The van der Waals surface area contributed by atoms with Crippen LogP contribution in [-0.2, 0) is 6.42 Å². The minimum atomic E-state index is 0.695. The molecule has 3 atom stereocenters. The molecule has 1 aromatic rings. The van der Waals surface area contributed by atoms with E-state index in [9.17, 15) is 0 Å². The van der Waals surface area contributed by atoms with Crippen molar-refractivity contribution < 1.29 is 0 Å². The molecular weight excluding hydrogens is 321 g/mol. The highest BCUT2D eigenvalue weighted by Crippen LogP contribution is 2.32. The van der Waals surface area contributed by atoms with Gasteiger partial charge in [-0.2, -0.15) is 0 Å². The molecule has 0 radical (unpaired) electrons. The Morgan fingerprint density at radius 1 is 1.27 bits per heavy atom. The number of fused-ring (bicyclic) bond motifs is 1. The van der Waals surface area contributed by atoms with Crippen LogP contribution in [0.4, 0.5) is 0 Å². The average Bonchev–Trinajstić information content (AvgIpc) is 2.51. The van der Waals surface area contributed by atoms with Crippen LogP contribution < -0.4 is 5.30 Å². The second-order valence-electron chi connectivity index (χ2n) is 6.14. The quantitative estimate of drug-likeness (QED) is 0.513. The Morgan fingerprint density at radius 3 is 2.68 bits per heavy atom. The van der Waals surface area contributed by atoms with Gasteiger partial charge >= 0.3 is 0 Å². The Balaban J connectivity index is 2.18. The molecule has 0 N–H and O–H groups in total. The van der Waals surface area contributed by atoms with Gasteiger partial charge in [0.25, 0.3) is 0 Å². The van der Waals surface area contributed by atoms with Gasteiger partial charge in [0.15, 0.2) is 0 Å². The molecule has 3 unspecified atom stereocenters. The molecule has 0 bridgehead atoms. The summed E-state index contributed by atoms with van der Waals surface area (Å²) in [6, 6.07) is 6.74. The molecule has 22 heavy (non-hydrogen) atoms. The third-order valence-corrected chi connectivity index (χ3v) is 6.04. The third kappa shape index (κ3) is 4.61. The first-order valence-electron chi connectivity index (χ1n) is 7.89. The van der Waals surface area contributed by atoms with Crippen LogP contribution in [0.5, 0.6) is 0 Å². The zero-order valence-corrected chi connectivity index (χ0v) is 16.9. The van der Waals surface area contributed by atoms with Crippen LogP contribution >= 0.6 is 27.7 Å². The average molecular weight is 348 g/mol. The molecule has 3 heteroatoms. The van der Waals surface area contributed by atoms with E-state index in [2.05, 4.69) is 71.6 Å². The second-order valence-corrected chi connectivity index (χ2v) is 7.75. The Bertz CT molecular complexity index is 607.